The molecule has 1 amide bonds. The van der Waals surface area contributed by atoms with Crippen LogP contribution < -0.4 is 14.9 Å². The number of amides is 1. The first-order valence-electron chi connectivity index (χ1n) is 8.43. The summed E-state index contributed by atoms with van der Waals surface area (Å²) >= 11 is 0. The molecule has 0 saturated heterocycles. The zero-order chi connectivity index (χ0) is 19.1. The first-order valence-corrected chi connectivity index (χ1v) is 8.43. The fourth-order valence-corrected chi connectivity index (χ4v) is 2.76. The molecule has 0 aliphatic carbocycles. The Morgan fingerprint density at radius 2 is 1.85 bits per heavy atom. The summed E-state index contributed by atoms with van der Waals surface area (Å²) in [6.45, 7) is 1.13. The van der Waals surface area contributed by atoms with E-state index in [1.807, 2.05) is 54.7 Å². The Hall–Kier alpha value is -3.48. The second kappa shape index (κ2) is 8.75. The van der Waals surface area contributed by atoms with Gasteiger partial charge in [-0.05, 0) is 18.2 Å². The zero-order valence-electron chi connectivity index (χ0n) is 15.2. The molecule has 0 unspecified atom stereocenters. The summed E-state index contributed by atoms with van der Waals surface area (Å²) < 4.78 is 17.8. The van der Waals surface area contributed by atoms with Gasteiger partial charge in [0.05, 0.1) is 27.0 Å². The summed E-state index contributed by atoms with van der Waals surface area (Å²) in [5.41, 5.74) is 4.24. The molecule has 0 atom stereocenters. The van der Waals surface area contributed by atoms with Gasteiger partial charge in [-0.15, -0.1) is 0 Å². The summed E-state index contributed by atoms with van der Waals surface area (Å²) in [4.78, 5) is 11.1. The van der Waals surface area contributed by atoms with Gasteiger partial charge >= 0.3 is 6.09 Å². The molecule has 0 aliphatic heterocycles. The van der Waals surface area contributed by atoms with E-state index < -0.39 is 6.09 Å². The lowest BCUT2D eigenvalue weighted by atomic mass is 10.2. The van der Waals surface area contributed by atoms with E-state index in [0.717, 1.165) is 16.5 Å². The smallest absolute Gasteiger partial charge is 0.427 e. The standard InChI is InChI=1S/C20H21N3O4/c1-25-18-9-5-6-10-19(18)27-12-11-23-14-15(13-21-22-20(24)26-2)16-7-3-4-8-17(16)23/h3-10,13-14H,11-12H2,1-2H3,(H,22,24)/b21-13+. The Morgan fingerprint density at radius 1 is 1.11 bits per heavy atom. The molecule has 7 nitrogen and oxygen atoms in total. The fourth-order valence-electron chi connectivity index (χ4n) is 2.76. The van der Waals surface area contributed by atoms with Crippen LogP contribution in [0.5, 0.6) is 11.5 Å². The van der Waals surface area contributed by atoms with E-state index in [9.17, 15) is 4.79 Å². The SMILES string of the molecule is COC(=O)N/N=C/c1cn(CCOc2ccccc2OC)c2ccccc12. The summed E-state index contributed by atoms with van der Waals surface area (Å²) in [7, 11) is 2.91. The minimum Gasteiger partial charge on any atom is -0.493 e. The maximum absolute atomic E-state index is 11.1. The average molecular weight is 367 g/mol. The minimum atomic E-state index is -0.611. The van der Waals surface area contributed by atoms with Crippen molar-refractivity contribution in [1.29, 1.82) is 0 Å². The molecule has 3 rings (SSSR count). The van der Waals surface area contributed by atoms with Crippen molar-refractivity contribution in [1.82, 2.24) is 9.99 Å². The van der Waals surface area contributed by atoms with Crippen molar-refractivity contribution in [2.45, 2.75) is 6.54 Å². The molecule has 0 saturated carbocycles. The number of rotatable bonds is 7. The number of ether oxygens (including phenoxy) is 3. The number of aromatic nitrogens is 1. The molecular weight excluding hydrogens is 346 g/mol. The maximum Gasteiger partial charge on any atom is 0.427 e. The first-order chi connectivity index (χ1) is 13.2. The van der Waals surface area contributed by atoms with E-state index in [1.165, 1.54) is 7.11 Å². The van der Waals surface area contributed by atoms with Crippen LogP contribution in [-0.2, 0) is 11.3 Å². The van der Waals surface area contributed by atoms with Crippen molar-refractivity contribution >= 4 is 23.2 Å². The zero-order valence-corrected chi connectivity index (χ0v) is 15.2. The number of hydrogen-bond acceptors (Lipinski definition) is 5. The van der Waals surface area contributed by atoms with E-state index in [4.69, 9.17) is 9.47 Å². The second-order valence-electron chi connectivity index (χ2n) is 5.66. The third kappa shape index (κ3) is 4.38. The van der Waals surface area contributed by atoms with Gasteiger partial charge in [-0.1, -0.05) is 30.3 Å². The first kappa shape index (κ1) is 18.3. The number of hydrogen-bond donors (Lipinski definition) is 1. The number of carbonyl (C=O) groups excluding carboxylic acids is 1. The van der Waals surface area contributed by atoms with Gasteiger partial charge in [0.15, 0.2) is 11.5 Å². The van der Waals surface area contributed by atoms with Crippen LogP contribution in [0.1, 0.15) is 5.56 Å². The van der Waals surface area contributed by atoms with Crippen molar-refractivity contribution < 1.29 is 19.0 Å². The van der Waals surface area contributed by atoms with Gasteiger partial charge in [0.1, 0.15) is 6.61 Å². The fraction of sp³-hybridized carbons (Fsp3) is 0.200. The van der Waals surface area contributed by atoms with Crippen molar-refractivity contribution in [2.75, 3.05) is 20.8 Å². The lowest BCUT2D eigenvalue weighted by molar-refractivity contribution is 0.171. The molecule has 1 N–H and O–H groups in total. The van der Waals surface area contributed by atoms with Crippen LogP contribution in [0.15, 0.2) is 59.8 Å². The summed E-state index contributed by atoms with van der Waals surface area (Å²) in [5.74, 6) is 1.41. The van der Waals surface area contributed by atoms with Gasteiger partial charge in [0, 0.05) is 22.7 Å². The average Bonchev–Trinajstić information content (AvgIpc) is 3.06. The third-order valence-electron chi connectivity index (χ3n) is 4.02. The number of methoxy groups -OCH3 is 2. The van der Waals surface area contributed by atoms with E-state index in [0.29, 0.717) is 24.7 Å². The van der Waals surface area contributed by atoms with Crippen LogP contribution >= 0.6 is 0 Å². The Bertz CT molecular complexity index is 949. The Morgan fingerprint density at radius 3 is 2.63 bits per heavy atom. The highest BCUT2D eigenvalue weighted by Crippen LogP contribution is 2.26. The highest BCUT2D eigenvalue weighted by Gasteiger charge is 2.08. The van der Waals surface area contributed by atoms with E-state index >= 15 is 0 Å². The van der Waals surface area contributed by atoms with Gasteiger partial charge in [0.2, 0.25) is 0 Å². The van der Waals surface area contributed by atoms with Crippen LogP contribution in [0.2, 0.25) is 0 Å². The molecule has 3 aromatic rings. The van der Waals surface area contributed by atoms with Crippen molar-refractivity contribution in [3.63, 3.8) is 0 Å². The lowest BCUT2D eigenvalue weighted by Crippen LogP contribution is -2.16. The monoisotopic (exact) mass is 367 g/mol. The molecule has 0 aliphatic rings. The summed E-state index contributed by atoms with van der Waals surface area (Å²) in [6.07, 6.45) is 2.95. The number of benzene rings is 2. The van der Waals surface area contributed by atoms with E-state index in [1.54, 1.807) is 13.3 Å². The number of nitrogens with zero attached hydrogens (tertiary/aromatic N) is 2. The molecule has 27 heavy (non-hydrogen) atoms. The largest absolute Gasteiger partial charge is 0.493 e. The van der Waals surface area contributed by atoms with Gasteiger partial charge < -0.3 is 18.8 Å². The minimum absolute atomic E-state index is 0.482. The van der Waals surface area contributed by atoms with Crippen LogP contribution in [0.3, 0.4) is 0 Å². The highest BCUT2D eigenvalue weighted by molar-refractivity contribution is 5.99. The molecule has 140 valence electrons. The molecule has 2 aromatic carbocycles. The highest BCUT2D eigenvalue weighted by atomic mass is 16.5. The topological polar surface area (TPSA) is 74.1 Å². The van der Waals surface area contributed by atoms with Crippen LogP contribution in [-0.4, -0.2) is 37.7 Å². The van der Waals surface area contributed by atoms with Crippen LogP contribution in [0, 0.1) is 0 Å². The molecule has 0 radical (unpaired) electrons. The Kier molecular flexibility index (Phi) is 5.94. The third-order valence-corrected chi connectivity index (χ3v) is 4.02. The lowest BCUT2D eigenvalue weighted by Gasteiger charge is -2.11. The van der Waals surface area contributed by atoms with Crippen LogP contribution in [0.25, 0.3) is 10.9 Å². The number of carbonyl (C=O) groups is 1. The maximum atomic E-state index is 11.1. The quantitative estimate of drug-likeness (QED) is 0.513. The van der Waals surface area contributed by atoms with E-state index in [-0.39, 0.29) is 0 Å². The predicted octanol–water partition coefficient (Wildman–Crippen LogP) is 3.42. The van der Waals surface area contributed by atoms with Gasteiger partial charge in [-0.25, -0.2) is 10.2 Å². The second-order valence-corrected chi connectivity index (χ2v) is 5.66. The van der Waals surface area contributed by atoms with Crippen LogP contribution in [0.4, 0.5) is 4.79 Å². The summed E-state index contributed by atoms with van der Waals surface area (Å²) in [5, 5.41) is 4.95. The molecule has 0 fully saturated rings. The molecule has 0 spiro atoms. The van der Waals surface area contributed by atoms with Crippen molar-refractivity contribution in [3.8, 4) is 11.5 Å². The number of hydrazone groups is 1. The van der Waals surface area contributed by atoms with E-state index in [2.05, 4.69) is 19.8 Å². The molecular formula is C20H21N3O4. The van der Waals surface area contributed by atoms with Crippen molar-refractivity contribution in [2.24, 2.45) is 5.10 Å². The molecule has 0 bridgehead atoms. The normalized spacial score (nSPS) is 10.9. The van der Waals surface area contributed by atoms with Gasteiger partial charge in [-0.3, -0.25) is 0 Å². The Balaban J connectivity index is 1.74. The number of fused-ring (bicyclic) bond motifs is 1. The molecule has 1 aromatic heterocycles. The Labute approximate surface area is 157 Å². The summed E-state index contributed by atoms with van der Waals surface area (Å²) in [6, 6.07) is 15.5. The number of nitrogens with one attached hydrogen (secondary N) is 1. The molecule has 7 heteroatoms. The van der Waals surface area contributed by atoms with Crippen molar-refractivity contribution in [3.05, 3.63) is 60.3 Å². The van der Waals surface area contributed by atoms with Gasteiger partial charge in [-0.2, -0.15) is 5.10 Å². The predicted molar refractivity (Wildman–Crippen MR) is 104 cm³/mol. The number of para-hydroxylation sites is 3. The molecule has 1 heterocycles. The van der Waals surface area contributed by atoms with Gasteiger partial charge in [0.25, 0.3) is 0 Å².